The number of para-hydroxylation sites is 1. The standard InChI is InChI=1S/C32H43ClN2O2S.ClH/c1-3-4-5-6-7-8-9-10-11-12-13-14-22-37-31-26(17-16-20-29(31)33)25-30(36)34-28-19-15-18-27(24-28)32-35(2)21-23-38-32;/h15-21,23-24H,3-14,22,25H2,1-2H3;1H. The molecule has 0 spiro atoms. The molecule has 1 heterocycles. The molecule has 214 valence electrons. The lowest BCUT2D eigenvalue weighted by Gasteiger charge is -2.13. The fraction of sp³-hybridized carbons (Fsp3) is 0.500. The summed E-state index contributed by atoms with van der Waals surface area (Å²) in [5.41, 5.74) is 2.67. The molecular weight excluding hydrogens is 547 g/mol. The summed E-state index contributed by atoms with van der Waals surface area (Å²) in [4.78, 5) is 12.9. The van der Waals surface area contributed by atoms with Gasteiger partial charge in [0.25, 0.3) is 5.01 Å². The fourth-order valence-corrected chi connectivity index (χ4v) is 5.80. The van der Waals surface area contributed by atoms with Crippen molar-refractivity contribution < 1.29 is 26.5 Å². The van der Waals surface area contributed by atoms with Gasteiger partial charge >= 0.3 is 0 Å². The minimum Gasteiger partial charge on any atom is -1.00 e. The predicted octanol–water partition coefficient (Wildman–Crippen LogP) is 6.16. The number of aryl methyl sites for hydroxylation is 1. The number of anilines is 1. The van der Waals surface area contributed by atoms with Crippen molar-refractivity contribution in [1.29, 1.82) is 0 Å². The van der Waals surface area contributed by atoms with Crippen molar-refractivity contribution in [3.05, 3.63) is 64.6 Å². The Morgan fingerprint density at radius 1 is 0.923 bits per heavy atom. The van der Waals surface area contributed by atoms with Crippen molar-refractivity contribution >= 4 is 34.5 Å². The van der Waals surface area contributed by atoms with E-state index in [1.54, 1.807) is 11.3 Å². The molecule has 0 atom stereocenters. The topological polar surface area (TPSA) is 42.2 Å². The first kappa shape index (κ1) is 33.1. The van der Waals surface area contributed by atoms with E-state index in [-0.39, 0.29) is 24.7 Å². The molecule has 2 aromatic carbocycles. The molecule has 0 saturated heterocycles. The van der Waals surface area contributed by atoms with Crippen LogP contribution in [0, 0.1) is 0 Å². The Labute approximate surface area is 250 Å². The normalized spacial score (nSPS) is 10.7. The van der Waals surface area contributed by atoms with Crippen molar-refractivity contribution in [2.75, 3.05) is 11.9 Å². The Hall–Kier alpha value is -2.08. The van der Waals surface area contributed by atoms with Gasteiger partial charge in [-0.2, -0.15) is 4.57 Å². The van der Waals surface area contributed by atoms with Crippen LogP contribution in [0.15, 0.2) is 54.0 Å². The van der Waals surface area contributed by atoms with E-state index >= 15 is 0 Å². The van der Waals surface area contributed by atoms with Crippen LogP contribution in [0.2, 0.25) is 5.02 Å². The third-order valence-electron chi connectivity index (χ3n) is 6.82. The van der Waals surface area contributed by atoms with Gasteiger partial charge in [0.05, 0.1) is 29.0 Å². The Bertz CT molecular complexity index is 1120. The van der Waals surface area contributed by atoms with Crippen molar-refractivity contribution in [3.8, 4) is 16.3 Å². The summed E-state index contributed by atoms with van der Waals surface area (Å²) < 4.78 is 8.16. The van der Waals surface area contributed by atoms with Crippen molar-refractivity contribution in [1.82, 2.24) is 0 Å². The third kappa shape index (κ3) is 11.9. The van der Waals surface area contributed by atoms with Gasteiger partial charge in [0.2, 0.25) is 5.91 Å². The molecule has 4 nitrogen and oxygen atoms in total. The number of hydrogen-bond acceptors (Lipinski definition) is 3. The van der Waals surface area contributed by atoms with Crippen LogP contribution >= 0.6 is 22.9 Å². The molecular formula is C32H44Cl2N2O2S. The lowest BCUT2D eigenvalue weighted by atomic mass is 10.1. The number of halogens is 2. The van der Waals surface area contributed by atoms with Crippen molar-refractivity contribution in [2.24, 2.45) is 7.05 Å². The van der Waals surface area contributed by atoms with Gasteiger partial charge in [-0.3, -0.25) is 4.79 Å². The van der Waals surface area contributed by atoms with Gasteiger partial charge in [0.1, 0.15) is 12.8 Å². The lowest BCUT2D eigenvalue weighted by Crippen LogP contribution is -3.00. The summed E-state index contributed by atoms with van der Waals surface area (Å²) >= 11 is 8.13. The van der Waals surface area contributed by atoms with Crippen molar-refractivity contribution in [2.45, 2.75) is 90.4 Å². The second-order valence-electron chi connectivity index (χ2n) is 10.1. The van der Waals surface area contributed by atoms with Crippen LogP contribution in [-0.2, 0) is 18.3 Å². The monoisotopic (exact) mass is 590 g/mol. The second kappa shape index (κ2) is 19.1. The van der Waals surface area contributed by atoms with E-state index in [4.69, 9.17) is 16.3 Å². The highest BCUT2D eigenvalue weighted by atomic mass is 35.5. The molecule has 7 heteroatoms. The SMILES string of the molecule is CCCCCCCCCCCCCCOc1c(Cl)cccc1CC(=O)Nc1cccc(-c2scc[n+]2C)c1.[Cl-]. The van der Waals surface area contributed by atoms with Gasteiger partial charge in [-0.05, 0) is 30.7 Å². The molecule has 0 aliphatic heterocycles. The summed E-state index contributed by atoms with van der Waals surface area (Å²) in [7, 11) is 2.02. The van der Waals surface area contributed by atoms with Gasteiger partial charge in [-0.1, -0.05) is 119 Å². The average Bonchev–Trinajstić information content (AvgIpc) is 3.34. The Morgan fingerprint density at radius 3 is 2.21 bits per heavy atom. The van der Waals surface area contributed by atoms with Gasteiger partial charge in [0.15, 0.2) is 6.20 Å². The number of nitrogens with zero attached hydrogens (tertiary/aromatic N) is 1. The first-order chi connectivity index (χ1) is 18.6. The fourth-order valence-electron chi connectivity index (χ4n) is 4.69. The number of ether oxygens (including phenoxy) is 1. The zero-order valence-corrected chi connectivity index (χ0v) is 25.9. The van der Waals surface area contributed by atoms with Crippen LogP contribution < -0.4 is 27.0 Å². The van der Waals surface area contributed by atoms with Crippen LogP contribution in [0.25, 0.3) is 10.6 Å². The Balaban J connectivity index is 0.00000533. The average molecular weight is 592 g/mol. The van der Waals surface area contributed by atoms with E-state index in [0.717, 1.165) is 34.7 Å². The van der Waals surface area contributed by atoms with Crippen LogP contribution in [0.5, 0.6) is 5.75 Å². The van der Waals surface area contributed by atoms with Gasteiger partial charge in [0, 0.05) is 11.3 Å². The number of thiazole rings is 1. The van der Waals surface area contributed by atoms with E-state index < -0.39 is 0 Å². The maximum atomic E-state index is 12.9. The third-order valence-corrected chi connectivity index (χ3v) is 8.12. The maximum Gasteiger partial charge on any atom is 0.268 e. The molecule has 1 aromatic heterocycles. The minimum atomic E-state index is -0.0878. The zero-order valence-electron chi connectivity index (χ0n) is 23.5. The highest BCUT2D eigenvalue weighted by molar-refractivity contribution is 7.12. The molecule has 39 heavy (non-hydrogen) atoms. The number of carbonyl (C=O) groups excluding carboxylic acids is 1. The summed E-state index contributed by atoms with van der Waals surface area (Å²) in [6.45, 7) is 2.89. The molecule has 0 aliphatic carbocycles. The smallest absolute Gasteiger partial charge is 0.268 e. The van der Waals surface area contributed by atoms with E-state index in [1.165, 1.54) is 64.2 Å². The molecule has 3 aromatic rings. The number of amides is 1. The zero-order chi connectivity index (χ0) is 27.0. The number of benzene rings is 2. The van der Waals surface area contributed by atoms with E-state index in [2.05, 4.69) is 28.3 Å². The maximum absolute atomic E-state index is 12.9. The first-order valence-electron chi connectivity index (χ1n) is 14.3. The Morgan fingerprint density at radius 2 is 1.56 bits per heavy atom. The molecule has 3 rings (SSSR count). The molecule has 0 saturated carbocycles. The first-order valence-corrected chi connectivity index (χ1v) is 15.6. The lowest BCUT2D eigenvalue weighted by molar-refractivity contribution is -0.655. The molecule has 1 N–H and O–H groups in total. The van der Waals surface area contributed by atoms with Crippen LogP contribution in [0.3, 0.4) is 0 Å². The quantitative estimate of drug-likeness (QED) is 0.142. The van der Waals surface area contributed by atoms with Crippen LogP contribution in [-0.4, -0.2) is 12.5 Å². The number of rotatable bonds is 18. The van der Waals surface area contributed by atoms with Crippen molar-refractivity contribution in [3.63, 3.8) is 0 Å². The number of nitrogens with one attached hydrogen (secondary N) is 1. The number of unbranched alkanes of at least 4 members (excludes halogenated alkanes) is 11. The van der Waals surface area contributed by atoms with Gasteiger partial charge in [-0.15, -0.1) is 0 Å². The van der Waals surface area contributed by atoms with Crippen LogP contribution in [0.4, 0.5) is 5.69 Å². The Kier molecular flexibility index (Phi) is 16.2. The largest absolute Gasteiger partial charge is 1.00 e. The van der Waals surface area contributed by atoms with E-state index in [1.807, 2.05) is 49.6 Å². The molecule has 0 unspecified atom stereocenters. The number of hydrogen-bond donors (Lipinski definition) is 1. The summed E-state index contributed by atoms with van der Waals surface area (Å²) in [5.74, 6) is 0.543. The molecule has 0 radical (unpaired) electrons. The van der Waals surface area contributed by atoms with Gasteiger partial charge in [-0.25, -0.2) is 0 Å². The minimum absolute atomic E-state index is 0. The van der Waals surface area contributed by atoms with E-state index in [9.17, 15) is 4.79 Å². The summed E-state index contributed by atoms with van der Waals surface area (Å²) in [5, 5.41) is 6.79. The summed E-state index contributed by atoms with van der Waals surface area (Å²) in [6, 6.07) is 13.6. The predicted molar refractivity (Wildman–Crippen MR) is 161 cm³/mol. The van der Waals surface area contributed by atoms with E-state index in [0.29, 0.717) is 17.4 Å². The molecule has 0 bridgehead atoms. The molecule has 0 fully saturated rings. The summed E-state index contributed by atoms with van der Waals surface area (Å²) in [6.07, 6.45) is 18.0. The highest BCUT2D eigenvalue weighted by Crippen LogP contribution is 2.30. The van der Waals surface area contributed by atoms with Gasteiger partial charge < -0.3 is 22.5 Å². The number of aromatic nitrogens is 1. The molecule has 0 aliphatic rings. The van der Waals surface area contributed by atoms with Crippen LogP contribution in [0.1, 0.15) is 89.5 Å². The second-order valence-corrected chi connectivity index (χ2v) is 11.4. The molecule has 1 amide bonds. The number of carbonyl (C=O) groups is 1. The highest BCUT2D eigenvalue weighted by Gasteiger charge is 2.15.